The number of benzene rings is 1. The maximum atomic E-state index is 13.0. The second-order valence-corrected chi connectivity index (χ2v) is 8.74. The third-order valence-corrected chi connectivity index (χ3v) is 6.28. The first kappa shape index (κ1) is 25.1. The zero-order valence-corrected chi connectivity index (χ0v) is 21.1. The molecule has 0 fully saturated rings. The van der Waals surface area contributed by atoms with E-state index in [9.17, 15) is 14.4 Å². The minimum absolute atomic E-state index is 0.202. The average Bonchev–Trinajstić information content (AvgIpc) is 3.32. The summed E-state index contributed by atoms with van der Waals surface area (Å²) in [5.74, 6) is -0.122. The minimum atomic E-state index is -0.676. The predicted octanol–water partition coefficient (Wildman–Crippen LogP) is 4.11. The SMILES string of the molecule is CCOC(=O)c1[nH]c(C)c(C(=O)OCC(=O)c2cc(C)n(C[C@H]3COc4ccccc4O3)c2C)c1C. The van der Waals surface area contributed by atoms with Gasteiger partial charge in [0.1, 0.15) is 12.3 Å². The lowest BCUT2D eigenvalue weighted by atomic mass is 10.1. The van der Waals surface area contributed by atoms with Crippen LogP contribution in [0, 0.1) is 27.7 Å². The van der Waals surface area contributed by atoms with Crippen LogP contribution >= 0.6 is 0 Å². The molecule has 4 rings (SSSR count). The molecule has 0 amide bonds. The molecule has 1 aromatic carbocycles. The van der Waals surface area contributed by atoms with Gasteiger partial charge in [-0.1, -0.05) is 12.1 Å². The Hall–Kier alpha value is -4.01. The molecule has 36 heavy (non-hydrogen) atoms. The van der Waals surface area contributed by atoms with Gasteiger partial charge < -0.3 is 28.5 Å². The van der Waals surface area contributed by atoms with Crippen molar-refractivity contribution < 1.29 is 33.3 Å². The van der Waals surface area contributed by atoms with Crippen LogP contribution in [0.1, 0.15) is 60.8 Å². The Morgan fingerprint density at radius 3 is 2.50 bits per heavy atom. The lowest BCUT2D eigenvalue weighted by Crippen LogP contribution is -2.33. The average molecular weight is 495 g/mol. The number of para-hydroxylation sites is 2. The second kappa shape index (κ2) is 10.3. The third kappa shape index (κ3) is 4.86. The molecule has 9 nitrogen and oxygen atoms in total. The van der Waals surface area contributed by atoms with Crippen molar-refractivity contribution in [2.45, 2.75) is 47.3 Å². The number of H-pyrrole nitrogens is 1. The molecule has 2 aromatic heterocycles. The molecule has 3 heterocycles. The molecule has 9 heteroatoms. The fraction of sp³-hybridized carbons (Fsp3) is 0.370. The van der Waals surface area contributed by atoms with E-state index < -0.39 is 18.5 Å². The van der Waals surface area contributed by atoms with E-state index in [1.54, 1.807) is 26.8 Å². The van der Waals surface area contributed by atoms with E-state index in [0.29, 0.717) is 35.7 Å². The second-order valence-electron chi connectivity index (χ2n) is 8.74. The van der Waals surface area contributed by atoms with E-state index in [1.165, 1.54) is 0 Å². The number of aromatic nitrogens is 2. The van der Waals surface area contributed by atoms with Crippen LogP contribution in [0.3, 0.4) is 0 Å². The fourth-order valence-electron chi connectivity index (χ4n) is 4.47. The number of Topliss-reactive ketones (excluding diaryl/α,β-unsaturated/α-hetero) is 1. The number of fused-ring (bicyclic) bond motifs is 1. The summed E-state index contributed by atoms with van der Waals surface area (Å²) >= 11 is 0. The molecule has 0 saturated heterocycles. The molecular formula is C27H30N2O7. The molecule has 0 saturated carbocycles. The Balaban J connectivity index is 1.42. The molecule has 190 valence electrons. The number of carbonyl (C=O) groups is 3. The number of ketones is 1. The van der Waals surface area contributed by atoms with Crippen LogP contribution in [-0.4, -0.2) is 53.2 Å². The Bertz CT molecular complexity index is 1320. The van der Waals surface area contributed by atoms with E-state index in [0.717, 1.165) is 17.1 Å². The molecule has 1 aliphatic heterocycles. The number of esters is 2. The largest absolute Gasteiger partial charge is 0.486 e. The van der Waals surface area contributed by atoms with Gasteiger partial charge in [0.05, 0.1) is 18.7 Å². The third-order valence-electron chi connectivity index (χ3n) is 6.28. The molecule has 1 N–H and O–H groups in total. The summed E-state index contributed by atoms with van der Waals surface area (Å²) in [6.45, 7) is 9.48. The van der Waals surface area contributed by atoms with E-state index >= 15 is 0 Å². The number of rotatable bonds is 8. The molecular weight excluding hydrogens is 464 g/mol. The van der Waals surface area contributed by atoms with Crippen molar-refractivity contribution >= 4 is 17.7 Å². The number of nitrogens with one attached hydrogen (secondary N) is 1. The first-order valence-corrected chi connectivity index (χ1v) is 11.8. The van der Waals surface area contributed by atoms with E-state index in [1.807, 2.05) is 42.7 Å². The normalized spacial score (nSPS) is 14.4. The lowest BCUT2D eigenvalue weighted by Gasteiger charge is -2.27. The lowest BCUT2D eigenvalue weighted by molar-refractivity contribution is 0.0473. The molecule has 0 radical (unpaired) electrons. The Morgan fingerprint density at radius 1 is 1.06 bits per heavy atom. The number of ether oxygens (including phenoxy) is 4. The van der Waals surface area contributed by atoms with Gasteiger partial charge >= 0.3 is 11.9 Å². The van der Waals surface area contributed by atoms with Crippen LogP contribution in [0.5, 0.6) is 11.5 Å². The number of aryl methyl sites for hydroxylation is 2. The van der Waals surface area contributed by atoms with E-state index in [-0.39, 0.29) is 29.8 Å². The fourth-order valence-corrected chi connectivity index (χ4v) is 4.47. The van der Waals surface area contributed by atoms with Gasteiger partial charge in [0.15, 0.2) is 24.2 Å². The van der Waals surface area contributed by atoms with E-state index in [2.05, 4.69) is 4.98 Å². The summed E-state index contributed by atoms with van der Waals surface area (Å²) in [5, 5.41) is 0. The highest BCUT2D eigenvalue weighted by Gasteiger charge is 2.26. The van der Waals surface area contributed by atoms with Crippen LogP contribution in [0.4, 0.5) is 0 Å². The number of nitrogens with zero attached hydrogens (tertiary/aromatic N) is 1. The highest BCUT2D eigenvalue weighted by molar-refractivity contribution is 6.02. The van der Waals surface area contributed by atoms with Gasteiger partial charge in [0.25, 0.3) is 0 Å². The quantitative estimate of drug-likeness (QED) is 0.371. The summed E-state index contributed by atoms with van der Waals surface area (Å²) in [7, 11) is 0. The van der Waals surface area contributed by atoms with Gasteiger partial charge in [-0.05, 0) is 58.4 Å². The van der Waals surface area contributed by atoms with E-state index in [4.69, 9.17) is 18.9 Å². The summed E-state index contributed by atoms with van der Waals surface area (Å²) in [6, 6.07) is 9.30. The summed E-state index contributed by atoms with van der Waals surface area (Å²) in [4.78, 5) is 40.7. The number of hydrogen-bond donors (Lipinski definition) is 1. The molecule has 0 bridgehead atoms. The van der Waals surface area contributed by atoms with Crippen molar-refractivity contribution in [2.75, 3.05) is 19.8 Å². The molecule has 0 aliphatic carbocycles. The maximum absolute atomic E-state index is 13.0. The van der Waals surface area contributed by atoms with Gasteiger partial charge in [-0.2, -0.15) is 0 Å². The standard InChI is InChI=1S/C27H30N2O7/c1-6-33-27(32)25-16(3)24(17(4)28-25)26(31)35-14-21(30)20-11-15(2)29(18(20)5)12-19-13-34-22-9-7-8-10-23(22)36-19/h7-11,19,28H,6,12-14H2,1-5H3/t19-/m0/s1. The molecule has 0 unspecified atom stereocenters. The van der Waals surface area contributed by atoms with Crippen LogP contribution in [0.2, 0.25) is 0 Å². The first-order chi connectivity index (χ1) is 17.2. The molecule has 3 aromatic rings. The van der Waals surface area contributed by atoms with Crippen molar-refractivity contribution in [1.29, 1.82) is 0 Å². The van der Waals surface area contributed by atoms with Crippen molar-refractivity contribution in [3.8, 4) is 11.5 Å². The van der Waals surface area contributed by atoms with Crippen LogP contribution in [-0.2, 0) is 16.0 Å². The zero-order valence-electron chi connectivity index (χ0n) is 21.1. The van der Waals surface area contributed by atoms with Gasteiger partial charge in [-0.3, -0.25) is 4.79 Å². The maximum Gasteiger partial charge on any atom is 0.355 e. The highest BCUT2D eigenvalue weighted by atomic mass is 16.6. The number of aromatic amines is 1. The van der Waals surface area contributed by atoms with Crippen molar-refractivity contribution in [3.63, 3.8) is 0 Å². The van der Waals surface area contributed by atoms with Crippen LogP contribution < -0.4 is 9.47 Å². The highest BCUT2D eigenvalue weighted by Crippen LogP contribution is 2.31. The zero-order chi connectivity index (χ0) is 26.0. The summed E-state index contributed by atoms with van der Waals surface area (Å²) < 4.78 is 24.2. The van der Waals surface area contributed by atoms with Crippen molar-refractivity contribution in [3.05, 3.63) is 69.8 Å². The topological polar surface area (TPSA) is 109 Å². The molecule has 0 spiro atoms. The molecule has 1 aliphatic rings. The first-order valence-electron chi connectivity index (χ1n) is 11.8. The van der Waals surface area contributed by atoms with Crippen LogP contribution in [0.25, 0.3) is 0 Å². The van der Waals surface area contributed by atoms with Gasteiger partial charge in [-0.25, -0.2) is 9.59 Å². The minimum Gasteiger partial charge on any atom is -0.486 e. The Kier molecular flexibility index (Phi) is 7.19. The van der Waals surface area contributed by atoms with Crippen molar-refractivity contribution in [1.82, 2.24) is 9.55 Å². The Labute approximate surface area is 209 Å². The number of carbonyl (C=O) groups excluding carboxylic acids is 3. The number of hydrogen-bond acceptors (Lipinski definition) is 7. The summed E-state index contributed by atoms with van der Waals surface area (Å²) in [6.07, 6.45) is -0.210. The monoisotopic (exact) mass is 494 g/mol. The van der Waals surface area contributed by atoms with Crippen LogP contribution in [0.15, 0.2) is 30.3 Å². The predicted molar refractivity (Wildman–Crippen MR) is 131 cm³/mol. The van der Waals surface area contributed by atoms with Crippen molar-refractivity contribution in [2.24, 2.45) is 0 Å². The Morgan fingerprint density at radius 2 is 1.78 bits per heavy atom. The van der Waals surface area contributed by atoms with Gasteiger partial charge in [-0.15, -0.1) is 0 Å². The smallest absolute Gasteiger partial charge is 0.355 e. The molecule has 1 atom stereocenters. The van der Waals surface area contributed by atoms with Gasteiger partial charge in [0, 0.05) is 22.6 Å². The van der Waals surface area contributed by atoms with Gasteiger partial charge in [0.2, 0.25) is 5.78 Å². The summed E-state index contributed by atoms with van der Waals surface area (Å²) in [5.41, 5.74) is 3.46.